The molecule has 23 heavy (non-hydrogen) atoms. The molecule has 1 fully saturated rings. The van der Waals surface area contributed by atoms with Gasteiger partial charge in [0.25, 0.3) is 0 Å². The molecular weight excluding hydrogens is 290 g/mol. The maximum Gasteiger partial charge on any atom is 0.222 e. The van der Waals surface area contributed by atoms with Gasteiger partial charge in [0.05, 0.1) is 7.11 Å². The number of methoxy groups -OCH3 is 1. The van der Waals surface area contributed by atoms with E-state index in [1.807, 2.05) is 23.2 Å². The van der Waals surface area contributed by atoms with Gasteiger partial charge < -0.3 is 9.64 Å². The Morgan fingerprint density at radius 3 is 2.43 bits per heavy atom. The first-order chi connectivity index (χ1) is 10.9. The summed E-state index contributed by atoms with van der Waals surface area (Å²) in [7, 11) is 1.62. The first-order valence-electron chi connectivity index (χ1n) is 8.36. The topological polar surface area (TPSA) is 45.7 Å². The highest BCUT2D eigenvalue weighted by atomic mass is 16.5. The molecule has 0 bridgehead atoms. The molecule has 2 heterocycles. The third-order valence-corrected chi connectivity index (χ3v) is 4.23. The summed E-state index contributed by atoms with van der Waals surface area (Å²) in [5.41, 5.74) is 1.40. The fraction of sp³-hybridized carbons (Fsp3) is 0.667. The molecule has 0 saturated carbocycles. The minimum Gasteiger partial charge on any atom is -0.481 e. The van der Waals surface area contributed by atoms with Crippen LogP contribution in [0, 0.1) is 5.41 Å². The molecule has 1 amide bonds. The molecule has 0 aromatic carbocycles. The predicted molar refractivity (Wildman–Crippen MR) is 91.3 cm³/mol. The monoisotopic (exact) mass is 319 g/mol. The summed E-state index contributed by atoms with van der Waals surface area (Å²) in [6, 6.07) is 3.94. The van der Waals surface area contributed by atoms with Crippen molar-refractivity contribution in [3.05, 3.63) is 23.9 Å². The summed E-state index contributed by atoms with van der Waals surface area (Å²) in [5, 5.41) is 0. The summed E-state index contributed by atoms with van der Waals surface area (Å²) >= 11 is 0. The van der Waals surface area contributed by atoms with E-state index in [0.717, 1.165) is 39.1 Å². The Kier molecular flexibility index (Phi) is 5.99. The molecule has 128 valence electrons. The minimum absolute atomic E-state index is 0.221. The van der Waals surface area contributed by atoms with E-state index in [1.54, 1.807) is 7.11 Å². The Morgan fingerprint density at radius 2 is 1.91 bits per heavy atom. The Morgan fingerprint density at radius 1 is 1.22 bits per heavy atom. The molecule has 0 aliphatic carbocycles. The van der Waals surface area contributed by atoms with Gasteiger partial charge in [-0.1, -0.05) is 26.8 Å². The highest BCUT2D eigenvalue weighted by molar-refractivity contribution is 5.76. The van der Waals surface area contributed by atoms with Crippen LogP contribution in [0.2, 0.25) is 0 Å². The van der Waals surface area contributed by atoms with Crippen LogP contribution in [0.1, 0.15) is 39.2 Å². The highest BCUT2D eigenvalue weighted by Crippen LogP contribution is 2.21. The van der Waals surface area contributed by atoms with Crippen molar-refractivity contribution in [3.8, 4) is 5.88 Å². The number of carbonyl (C=O) groups is 1. The Bertz CT molecular complexity index is 500. The van der Waals surface area contributed by atoms with Crippen LogP contribution in [0.15, 0.2) is 18.3 Å². The maximum atomic E-state index is 12.3. The molecule has 1 aromatic rings. The number of pyridine rings is 1. The molecule has 2 rings (SSSR count). The SMILES string of the molecule is COc1ccc(CN2CCN(C(=O)CCC(C)(C)C)CC2)cn1. The molecule has 1 saturated heterocycles. The van der Waals surface area contributed by atoms with Gasteiger partial charge in [0.2, 0.25) is 11.8 Å². The molecule has 1 aliphatic rings. The zero-order valence-corrected chi connectivity index (χ0v) is 14.8. The predicted octanol–water partition coefficient (Wildman–Crippen LogP) is 2.56. The van der Waals surface area contributed by atoms with Crippen molar-refractivity contribution in [1.29, 1.82) is 0 Å². The molecule has 0 N–H and O–H groups in total. The number of nitrogens with zero attached hydrogens (tertiary/aromatic N) is 3. The number of carbonyl (C=O) groups excluding carboxylic acids is 1. The van der Waals surface area contributed by atoms with Gasteiger partial charge in [-0.25, -0.2) is 4.98 Å². The van der Waals surface area contributed by atoms with Gasteiger partial charge in [-0.05, 0) is 17.4 Å². The van der Waals surface area contributed by atoms with Crippen molar-refractivity contribution >= 4 is 5.91 Å². The van der Waals surface area contributed by atoms with Crippen LogP contribution in [0.5, 0.6) is 5.88 Å². The van der Waals surface area contributed by atoms with Crippen molar-refractivity contribution < 1.29 is 9.53 Å². The van der Waals surface area contributed by atoms with Crippen LogP contribution in [0.25, 0.3) is 0 Å². The maximum absolute atomic E-state index is 12.3. The summed E-state index contributed by atoms with van der Waals surface area (Å²) in [6.45, 7) is 10.9. The van der Waals surface area contributed by atoms with E-state index < -0.39 is 0 Å². The summed E-state index contributed by atoms with van der Waals surface area (Å²) < 4.78 is 5.08. The second kappa shape index (κ2) is 7.77. The Hall–Kier alpha value is -1.62. The zero-order chi connectivity index (χ0) is 16.9. The zero-order valence-electron chi connectivity index (χ0n) is 14.8. The highest BCUT2D eigenvalue weighted by Gasteiger charge is 2.22. The van der Waals surface area contributed by atoms with Gasteiger partial charge in [0.1, 0.15) is 0 Å². The number of piperazine rings is 1. The van der Waals surface area contributed by atoms with Crippen LogP contribution < -0.4 is 4.74 Å². The van der Waals surface area contributed by atoms with Crippen molar-refractivity contribution in [1.82, 2.24) is 14.8 Å². The molecule has 0 radical (unpaired) electrons. The molecule has 0 unspecified atom stereocenters. The fourth-order valence-electron chi connectivity index (χ4n) is 2.68. The average molecular weight is 319 g/mol. The number of ether oxygens (including phenoxy) is 1. The smallest absolute Gasteiger partial charge is 0.222 e. The van der Waals surface area contributed by atoms with Crippen molar-refractivity contribution in [3.63, 3.8) is 0 Å². The van der Waals surface area contributed by atoms with E-state index in [-0.39, 0.29) is 5.41 Å². The van der Waals surface area contributed by atoms with E-state index >= 15 is 0 Å². The number of rotatable bonds is 5. The van der Waals surface area contributed by atoms with Crippen molar-refractivity contribution in [2.45, 2.75) is 40.2 Å². The minimum atomic E-state index is 0.221. The van der Waals surface area contributed by atoms with Crippen LogP contribution in [-0.2, 0) is 11.3 Å². The van der Waals surface area contributed by atoms with E-state index in [2.05, 4.69) is 30.7 Å². The van der Waals surface area contributed by atoms with Gasteiger partial charge in [-0.15, -0.1) is 0 Å². The van der Waals surface area contributed by atoms with E-state index in [4.69, 9.17) is 4.74 Å². The lowest BCUT2D eigenvalue weighted by atomic mass is 9.90. The Labute approximate surface area is 139 Å². The third-order valence-electron chi connectivity index (χ3n) is 4.23. The average Bonchev–Trinajstić information content (AvgIpc) is 2.53. The molecular formula is C18H29N3O2. The van der Waals surface area contributed by atoms with Crippen LogP contribution in [0.4, 0.5) is 0 Å². The summed E-state index contributed by atoms with van der Waals surface area (Å²) in [5.74, 6) is 0.939. The second-order valence-corrected chi connectivity index (χ2v) is 7.43. The van der Waals surface area contributed by atoms with Crippen LogP contribution >= 0.6 is 0 Å². The number of aromatic nitrogens is 1. The molecule has 5 nitrogen and oxygen atoms in total. The largest absolute Gasteiger partial charge is 0.481 e. The molecule has 1 aromatic heterocycles. The lowest BCUT2D eigenvalue weighted by Gasteiger charge is -2.35. The standard InChI is InChI=1S/C18H29N3O2/c1-18(2,3)8-7-17(22)21-11-9-20(10-12-21)14-15-5-6-16(23-4)19-13-15/h5-6,13H,7-12,14H2,1-4H3. The summed E-state index contributed by atoms with van der Waals surface area (Å²) in [6.07, 6.45) is 3.47. The van der Waals surface area contributed by atoms with Gasteiger partial charge in [0.15, 0.2) is 0 Å². The molecule has 0 atom stereocenters. The van der Waals surface area contributed by atoms with Crippen LogP contribution in [0.3, 0.4) is 0 Å². The van der Waals surface area contributed by atoms with Crippen molar-refractivity contribution in [2.75, 3.05) is 33.3 Å². The van der Waals surface area contributed by atoms with Gasteiger partial charge in [-0.2, -0.15) is 0 Å². The Balaban J connectivity index is 1.75. The lowest BCUT2D eigenvalue weighted by molar-refractivity contribution is -0.133. The fourth-order valence-corrected chi connectivity index (χ4v) is 2.68. The van der Waals surface area contributed by atoms with Gasteiger partial charge >= 0.3 is 0 Å². The quantitative estimate of drug-likeness (QED) is 0.837. The molecule has 1 aliphatic heterocycles. The number of amides is 1. The number of hydrogen-bond donors (Lipinski definition) is 0. The summed E-state index contributed by atoms with van der Waals surface area (Å²) in [4.78, 5) is 20.9. The van der Waals surface area contributed by atoms with E-state index in [9.17, 15) is 4.79 Å². The number of hydrogen-bond acceptors (Lipinski definition) is 4. The van der Waals surface area contributed by atoms with E-state index in [0.29, 0.717) is 18.2 Å². The second-order valence-electron chi connectivity index (χ2n) is 7.43. The first-order valence-corrected chi connectivity index (χ1v) is 8.36. The van der Waals surface area contributed by atoms with Gasteiger partial charge in [0, 0.05) is 51.4 Å². The molecule has 0 spiro atoms. The van der Waals surface area contributed by atoms with E-state index in [1.165, 1.54) is 5.56 Å². The molecule has 5 heteroatoms. The van der Waals surface area contributed by atoms with Crippen molar-refractivity contribution in [2.24, 2.45) is 5.41 Å². The third kappa shape index (κ3) is 5.82. The lowest BCUT2D eigenvalue weighted by Crippen LogP contribution is -2.48. The van der Waals surface area contributed by atoms with Gasteiger partial charge in [-0.3, -0.25) is 9.69 Å². The first kappa shape index (κ1) is 17.7. The normalized spacial score (nSPS) is 16.4. The van der Waals surface area contributed by atoms with Crippen LogP contribution in [-0.4, -0.2) is 54.0 Å².